The van der Waals surface area contributed by atoms with E-state index in [4.69, 9.17) is 0 Å². The van der Waals surface area contributed by atoms with Gasteiger partial charge in [0.1, 0.15) is 0 Å². The molecule has 0 aromatic carbocycles. The second kappa shape index (κ2) is 16.3. The summed E-state index contributed by atoms with van der Waals surface area (Å²) in [4.78, 5) is 0. The van der Waals surface area contributed by atoms with Crippen LogP contribution in [0.1, 0.15) is 27.7 Å². The van der Waals surface area contributed by atoms with Gasteiger partial charge in [0.15, 0.2) is 0 Å². The van der Waals surface area contributed by atoms with Crippen molar-refractivity contribution in [3.05, 3.63) is 0 Å². The number of alkyl halides is 36. The van der Waals surface area contributed by atoms with Crippen LogP contribution in [0.3, 0.4) is 0 Å². The molecule has 0 heterocycles. The Morgan fingerprint density at radius 1 is 0.254 bits per heavy atom. The van der Waals surface area contributed by atoms with Crippen molar-refractivity contribution >= 4 is 37.6 Å². The maximum atomic E-state index is 16.1. The number of rotatable bonds is 18. The van der Waals surface area contributed by atoms with Gasteiger partial charge in [0.2, 0.25) is 0 Å². The molecule has 0 aliphatic heterocycles. The molecule has 0 unspecified atom stereocenters. The van der Waals surface area contributed by atoms with Crippen molar-refractivity contribution in [3.63, 3.8) is 0 Å². The molecule has 39 heteroatoms. The Hall–Kier alpha value is -0.963. The van der Waals surface area contributed by atoms with Crippen LogP contribution in [0, 0.1) is 11.8 Å². The van der Waals surface area contributed by atoms with E-state index in [0.717, 1.165) is 0 Å². The standard InChI is InChI=1S/4C4F9.2C4H9.O.2Sn/c4*5-1(6)2(7,8)3(9,10)4(11,12)13;2*1-4(2)3;;;/h;;;;2*4H,1H2,2-3H3;;;. The molecule has 63 heavy (non-hydrogen) atoms. The van der Waals surface area contributed by atoms with Crippen molar-refractivity contribution in [2.45, 2.75) is 124 Å². The predicted molar refractivity (Wildman–Crippen MR) is 135 cm³/mol. The van der Waals surface area contributed by atoms with Crippen LogP contribution >= 0.6 is 0 Å². The van der Waals surface area contributed by atoms with E-state index < -0.39 is 174 Å². The van der Waals surface area contributed by atoms with Crippen LogP contribution in [0.25, 0.3) is 0 Å². The SMILES string of the molecule is CC(C)[CH2][Sn]([O][Sn]([CH2]C(C)C)([C](F)(F)C(F)(F)C(F)(F)C(F)(F)F)[C](F)(F)C(F)(F)C(F)(F)C(F)(F)F)([C](F)(F)C(F)(F)C(F)(F)C(F)(F)F)[C](F)(F)C(F)(F)C(F)(F)C(F)(F)F. The van der Waals surface area contributed by atoms with Gasteiger partial charge >= 0.3 is 333 Å². The Labute approximate surface area is 333 Å². The molecule has 0 radical (unpaired) electrons. The first-order valence-corrected chi connectivity index (χ1v) is 27.1. The Kier molecular flexibility index (Phi) is 16.1. The molecule has 0 N–H and O–H groups in total. The molecule has 1 nitrogen and oxygen atoms in total. The molecule has 0 fully saturated rings. The first-order valence-electron chi connectivity index (χ1n) is 15.0. The fourth-order valence-corrected chi connectivity index (χ4v) is 52.6. The molecule has 0 amide bonds. The quantitative estimate of drug-likeness (QED) is 0.0982. The molecule has 0 aromatic rings. The molecular formula is C24H18F36OSn2. The maximum absolute atomic E-state index is 16.1. The topological polar surface area (TPSA) is 9.23 Å². The summed E-state index contributed by atoms with van der Waals surface area (Å²) in [7, 11) is 0. The third-order valence-corrected chi connectivity index (χ3v) is 46.8. The summed E-state index contributed by atoms with van der Waals surface area (Å²) in [6, 6.07) is 0. The van der Waals surface area contributed by atoms with Gasteiger partial charge in [0.25, 0.3) is 0 Å². The minimum atomic E-state index is -13.3. The van der Waals surface area contributed by atoms with Crippen molar-refractivity contribution in [1.29, 1.82) is 0 Å². The van der Waals surface area contributed by atoms with E-state index in [9.17, 15) is 87.8 Å². The van der Waals surface area contributed by atoms with Crippen LogP contribution in [0.4, 0.5) is 158 Å². The summed E-state index contributed by atoms with van der Waals surface area (Å²) in [5.41, 5.74) is 0. The van der Waals surface area contributed by atoms with Gasteiger partial charge in [-0.1, -0.05) is 0 Å². The van der Waals surface area contributed by atoms with Crippen LogP contribution < -0.4 is 0 Å². The second-order valence-electron chi connectivity index (χ2n) is 13.8. The first-order chi connectivity index (χ1) is 26.5. The third-order valence-electron chi connectivity index (χ3n) is 8.35. The average Bonchev–Trinajstić information content (AvgIpc) is 3.00. The Morgan fingerprint density at radius 2 is 0.381 bits per heavy atom. The van der Waals surface area contributed by atoms with Crippen LogP contribution in [-0.2, 0) is 1.41 Å². The van der Waals surface area contributed by atoms with Gasteiger partial charge < -0.3 is 0 Å². The van der Waals surface area contributed by atoms with Gasteiger partial charge in [-0.15, -0.1) is 0 Å². The Balaban J connectivity index is 10.7. The van der Waals surface area contributed by atoms with E-state index in [1.807, 2.05) is 0 Å². The molecule has 0 aliphatic rings. The number of halogens is 36. The van der Waals surface area contributed by atoms with E-state index >= 15 is 70.2 Å². The third kappa shape index (κ3) is 8.41. The first kappa shape index (κ1) is 62.0. The van der Waals surface area contributed by atoms with Crippen LogP contribution in [0.5, 0.6) is 0 Å². The van der Waals surface area contributed by atoms with Crippen LogP contribution in [-0.4, -0.2) is 125 Å². The zero-order valence-electron chi connectivity index (χ0n) is 29.6. The van der Waals surface area contributed by atoms with Crippen molar-refractivity contribution in [2.24, 2.45) is 11.8 Å². The van der Waals surface area contributed by atoms with E-state index in [1.165, 1.54) is 0 Å². The molecule has 0 aliphatic carbocycles. The van der Waals surface area contributed by atoms with E-state index in [1.54, 1.807) is 0 Å². The van der Waals surface area contributed by atoms with E-state index in [-0.39, 0.29) is 0 Å². The fourth-order valence-electron chi connectivity index (χ4n) is 5.21. The zero-order chi connectivity index (χ0) is 52.3. The zero-order valence-corrected chi connectivity index (χ0v) is 35.3. The molecular weight excluding hydrogens is 1230 g/mol. The van der Waals surface area contributed by atoms with Crippen molar-refractivity contribution in [1.82, 2.24) is 0 Å². The summed E-state index contributed by atoms with van der Waals surface area (Å²) < 4.78 is 473. The average molecular weight is 1240 g/mol. The van der Waals surface area contributed by atoms with Gasteiger partial charge in [-0.05, 0) is 0 Å². The Bertz CT molecular complexity index is 1380. The summed E-state index contributed by atoms with van der Waals surface area (Å²) >= 11 is -26.6. The summed E-state index contributed by atoms with van der Waals surface area (Å²) in [6.07, 6.45) is -34.9. The fraction of sp³-hybridized carbons (Fsp3) is 1.00. The number of hydrogen-bond acceptors (Lipinski definition) is 1. The van der Waals surface area contributed by atoms with Gasteiger partial charge in [0.05, 0.1) is 0 Å². The molecule has 0 saturated carbocycles. The summed E-state index contributed by atoms with van der Waals surface area (Å²) in [5.74, 6) is -83.3. The molecule has 0 rings (SSSR count). The van der Waals surface area contributed by atoms with Crippen molar-refractivity contribution in [2.75, 3.05) is 0 Å². The molecule has 0 saturated heterocycles. The predicted octanol–water partition coefficient (Wildman–Crippen LogP) is 14.2. The normalized spacial score (nSPS) is 17.0. The van der Waals surface area contributed by atoms with E-state index in [0.29, 0.717) is 0 Å². The monoisotopic (exact) mass is 1250 g/mol. The Morgan fingerprint density at radius 3 is 0.476 bits per heavy atom. The van der Waals surface area contributed by atoms with Crippen molar-refractivity contribution < 1.29 is 159 Å². The minimum absolute atomic E-state index is 0.615. The molecule has 380 valence electrons. The number of hydrogen-bond donors (Lipinski definition) is 0. The molecule has 0 spiro atoms. The van der Waals surface area contributed by atoms with Crippen molar-refractivity contribution in [3.8, 4) is 0 Å². The molecule has 0 bridgehead atoms. The summed E-state index contributed by atoms with van der Waals surface area (Å²) in [6.45, 7) is -2.46. The van der Waals surface area contributed by atoms with Gasteiger partial charge in [-0.3, -0.25) is 0 Å². The van der Waals surface area contributed by atoms with Gasteiger partial charge in [-0.2, -0.15) is 0 Å². The van der Waals surface area contributed by atoms with E-state index in [2.05, 4.69) is 1.41 Å². The van der Waals surface area contributed by atoms with Crippen LogP contribution in [0.15, 0.2) is 0 Å². The van der Waals surface area contributed by atoms with Gasteiger partial charge in [0, 0.05) is 0 Å². The van der Waals surface area contributed by atoms with Gasteiger partial charge in [-0.25, -0.2) is 0 Å². The second-order valence-corrected chi connectivity index (χ2v) is 37.3. The summed E-state index contributed by atoms with van der Waals surface area (Å²) in [5, 5.41) is 0. The molecule has 0 aromatic heterocycles. The van der Waals surface area contributed by atoms with Crippen LogP contribution in [0.2, 0.25) is 8.87 Å². The molecule has 0 atom stereocenters.